The fourth-order valence-electron chi connectivity index (χ4n) is 1.48. The number of anilines is 1. The maximum atomic E-state index is 5.71. The third-order valence-electron chi connectivity index (χ3n) is 2.24. The van der Waals surface area contributed by atoms with Gasteiger partial charge in [0, 0.05) is 17.5 Å². The maximum absolute atomic E-state index is 5.71. The molecule has 0 spiro atoms. The molecule has 2 aromatic rings. The molecule has 0 fully saturated rings. The highest BCUT2D eigenvalue weighted by molar-refractivity contribution is 5.59. The van der Waals surface area contributed by atoms with Crippen molar-refractivity contribution in [2.24, 2.45) is 5.73 Å². The SMILES string of the molecule is C=C/C=c1/oc(-c2cccc(N)c2)n/c1=C/N. The van der Waals surface area contributed by atoms with Crippen LogP contribution in [-0.2, 0) is 0 Å². The molecular weight excluding hydrogens is 214 g/mol. The molecule has 0 unspecified atom stereocenters. The summed E-state index contributed by atoms with van der Waals surface area (Å²) in [7, 11) is 0. The summed E-state index contributed by atoms with van der Waals surface area (Å²) in [4.78, 5) is 4.28. The van der Waals surface area contributed by atoms with Gasteiger partial charge < -0.3 is 15.9 Å². The third-order valence-corrected chi connectivity index (χ3v) is 2.24. The lowest BCUT2D eigenvalue weighted by Gasteiger charge is -1.95. The van der Waals surface area contributed by atoms with Gasteiger partial charge in [-0.25, -0.2) is 4.98 Å². The van der Waals surface area contributed by atoms with E-state index in [1.54, 1.807) is 24.3 Å². The van der Waals surface area contributed by atoms with E-state index in [4.69, 9.17) is 15.9 Å². The molecule has 0 aliphatic heterocycles. The Hall–Kier alpha value is -2.49. The lowest BCUT2D eigenvalue weighted by atomic mass is 10.2. The molecule has 0 aliphatic rings. The number of hydrogen-bond donors (Lipinski definition) is 2. The van der Waals surface area contributed by atoms with E-state index in [0.717, 1.165) is 5.56 Å². The van der Waals surface area contributed by atoms with Crippen LogP contribution < -0.4 is 22.2 Å². The number of rotatable bonds is 2. The number of nitrogens with zero attached hydrogens (tertiary/aromatic N) is 1. The fourth-order valence-corrected chi connectivity index (χ4v) is 1.48. The average molecular weight is 227 g/mol. The number of allylic oxidation sites excluding steroid dienone is 1. The summed E-state index contributed by atoms with van der Waals surface area (Å²) in [6, 6.07) is 7.32. The Labute approximate surface area is 98.6 Å². The van der Waals surface area contributed by atoms with Crippen molar-refractivity contribution in [3.05, 3.63) is 47.7 Å². The van der Waals surface area contributed by atoms with E-state index in [-0.39, 0.29) is 0 Å². The van der Waals surface area contributed by atoms with Crippen molar-refractivity contribution in [1.82, 2.24) is 4.98 Å². The monoisotopic (exact) mass is 227 g/mol. The fraction of sp³-hybridized carbons (Fsp3) is 0. The summed E-state index contributed by atoms with van der Waals surface area (Å²) in [6.07, 6.45) is 4.73. The van der Waals surface area contributed by atoms with Gasteiger partial charge in [-0.3, -0.25) is 0 Å². The summed E-state index contributed by atoms with van der Waals surface area (Å²) in [5, 5.41) is 0.585. The van der Waals surface area contributed by atoms with Crippen LogP contribution >= 0.6 is 0 Å². The lowest BCUT2D eigenvalue weighted by molar-refractivity contribution is 0.540. The third kappa shape index (κ3) is 2.20. The molecule has 2 rings (SSSR count). The summed E-state index contributed by atoms with van der Waals surface area (Å²) >= 11 is 0. The molecule has 4 nitrogen and oxygen atoms in total. The van der Waals surface area contributed by atoms with E-state index < -0.39 is 0 Å². The first kappa shape index (κ1) is 11.0. The van der Waals surface area contributed by atoms with Crippen molar-refractivity contribution in [2.75, 3.05) is 5.73 Å². The second kappa shape index (κ2) is 4.57. The molecule has 0 atom stereocenters. The van der Waals surface area contributed by atoms with Crippen LogP contribution in [0.1, 0.15) is 0 Å². The van der Waals surface area contributed by atoms with E-state index in [1.165, 1.54) is 6.20 Å². The van der Waals surface area contributed by atoms with Crippen molar-refractivity contribution in [2.45, 2.75) is 0 Å². The Bertz CT molecular complexity index is 656. The highest BCUT2D eigenvalue weighted by Gasteiger charge is 2.04. The van der Waals surface area contributed by atoms with Gasteiger partial charge in [0.1, 0.15) is 5.35 Å². The molecule has 1 aromatic carbocycles. The van der Waals surface area contributed by atoms with E-state index in [0.29, 0.717) is 22.3 Å². The standard InChI is InChI=1S/C13H13N3O/c1-2-4-12-11(8-14)16-13(17-12)9-5-3-6-10(15)7-9/h2-8H,1,14-15H2/b11-8+,12-4+. The molecule has 4 heteroatoms. The molecule has 0 aliphatic carbocycles. The van der Waals surface area contributed by atoms with Gasteiger partial charge in [-0.05, 0) is 24.3 Å². The van der Waals surface area contributed by atoms with Gasteiger partial charge in [0.05, 0.1) is 0 Å². The first-order valence-corrected chi connectivity index (χ1v) is 5.12. The van der Waals surface area contributed by atoms with Crippen LogP contribution in [0.3, 0.4) is 0 Å². The van der Waals surface area contributed by atoms with E-state index in [2.05, 4.69) is 11.6 Å². The molecule has 0 bridgehead atoms. The Kier molecular flexibility index (Phi) is 2.96. The zero-order valence-corrected chi connectivity index (χ0v) is 9.26. The minimum atomic E-state index is 0.488. The van der Waals surface area contributed by atoms with E-state index >= 15 is 0 Å². The van der Waals surface area contributed by atoms with Gasteiger partial charge in [0.15, 0.2) is 5.42 Å². The lowest BCUT2D eigenvalue weighted by Crippen LogP contribution is -2.23. The van der Waals surface area contributed by atoms with Crippen LogP contribution in [0.4, 0.5) is 5.69 Å². The molecule has 0 radical (unpaired) electrons. The van der Waals surface area contributed by atoms with Gasteiger partial charge in [0.2, 0.25) is 5.89 Å². The number of oxazole rings is 1. The van der Waals surface area contributed by atoms with Crippen LogP contribution in [0.15, 0.2) is 41.3 Å². The van der Waals surface area contributed by atoms with Crippen LogP contribution in [-0.4, -0.2) is 4.98 Å². The summed E-state index contributed by atoms with van der Waals surface area (Å²) in [6.45, 7) is 3.61. The van der Waals surface area contributed by atoms with Crippen molar-refractivity contribution in [1.29, 1.82) is 0 Å². The zero-order chi connectivity index (χ0) is 12.3. The van der Waals surface area contributed by atoms with Gasteiger partial charge in [-0.15, -0.1) is 0 Å². The van der Waals surface area contributed by atoms with Crippen LogP contribution in [0.2, 0.25) is 0 Å². The predicted octanol–water partition coefficient (Wildman–Crippen LogP) is 0.587. The summed E-state index contributed by atoms with van der Waals surface area (Å²) in [5.41, 5.74) is 13.2. The molecule has 1 heterocycles. The minimum Gasteiger partial charge on any atom is -0.436 e. The number of nitrogens with two attached hydrogens (primary N) is 2. The Morgan fingerprint density at radius 2 is 2.18 bits per heavy atom. The van der Waals surface area contributed by atoms with Crippen LogP contribution in [0.25, 0.3) is 23.7 Å². The Balaban J connectivity index is 2.63. The van der Waals surface area contributed by atoms with Crippen molar-refractivity contribution >= 4 is 18.0 Å². The first-order chi connectivity index (χ1) is 8.24. The second-order valence-corrected chi connectivity index (χ2v) is 3.46. The van der Waals surface area contributed by atoms with Crippen molar-refractivity contribution in [3.63, 3.8) is 0 Å². The van der Waals surface area contributed by atoms with Crippen molar-refractivity contribution in [3.8, 4) is 11.5 Å². The summed E-state index contributed by atoms with van der Waals surface area (Å²) in [5.74, 6) is 0.488. The average Bonchev–Trinajstić information content (AvgIpc) is 2.73. The molecule has 0 saturated carbocycles. The van der Waals surface area contributed by atoms with Crippen molar-refractivity contribution < 1.29 is 4.42 Å². The summed E-state index contributed by atoms with van der Waals surface area (Å²) < 4.78 is 5.58. The smallest absolute Gasteiger partial charge is 0.227 e. The predicted molar refractivity (Wildman–Crippen MR) is 68.9 cm³/mol. The second-order valence-electron chi connectivity index (χ2n) is 3.46. The Morgan fingerprint density at radius 1 is 1.35 bits per heavy atom. The van der Waals surface area contributed by atoms with E-state index in [9.17, 15) is 0 Å². The highest BCUT2D eigenvalue weighted by Crippen LogP contribution is 2.16. The number of hydrogen-bond acceptors (Lipinski definition) is 4. The van der Waals surface area contributed by atoms with Gasteiger partial charge in [0.25, 0.3) is 0 Å². The topological polar surface area (TPSA) is 78.1 Å². The zero-order valence-electron chi connectivity index (χ0n) is 9.26. The van der Waals surface area contributed by atoms with Crippen LogP contribution in [0, 0.1) is 0 Å². The quantitative estimate of drug-likeness (QED) is 0.736. The molecule has 1 aromatic heterocycles. The molecule has 17 heavy (non-hydrogen) atoms. The molecule has 4 N–H and O–H groups in total. The largest absolute Gasteiger partial charge is 0.436 e. The molecule has 86 valence electrons. The molecule has 0 saturated heterocycles. The molecule has 0 amide bonds. The normalized spacial score (nSPS) is 12.9. The minimum absolute atomic E-state index is 0.488. The number of benzene rings is 1. The highest BCUT2D eigenvalue weighted by atomic mass is 16.3. The maximum Gasteiger partial charge on any atom is 0.227 e. The van der Waals surface area contributed by atoms with Crippen LogP contribution in [0.5, 0.6) is 0 Å². The molecular formula is C13H13N3O. The van der Waals surface area contributed by atoms with Gasteiger partial charge >= 0.3 is 0 Å². The first-order valence-electron chi connectivity index (χ1n) is 5.12. The van der Waals surface area contributed by atoms with Gasteiger partial charge in [-0.2, -0.15) is 0 Å². The number of nitrogen functional groups attached to an aromatic ring is 1. The van der Waals surface area contributed by atoms with E-state index in [1.807, 2.05) is 12.1 Å². The number of aromatic nitrogens is 1. The van der Waals surface area contributed by atoms with Gasteiger partial charge in [-0.1, -0.05) is 18.7 Å². The Morgan fingerprint density at radius 3 is 2.82 bits per heavy atom.